The van der Waals surface area contributed by atoms with Gasteiger partial charge in [0.15, 0.2) is 0 Å². The first-order chi connectivity index (χ1) is 9.91. The van der Waals surface area contributed by atoms with Gasteiger partial charge in [0.2, 0.25) is 10.0 Å². The molecule has 0 bridgehead atoms. The fourth-order valence-electron chi connectivity index (χ4n) is 1.51. The highest BCUT2D eigenvalue weighted by Gasteiger charge is 2.25. The third-order valence-corrected chi connectivity index (χ3v) is 5.56. The Morgan fingerprint density at radius 3 is 2.67 bits per heavy atom. The van der Waals surface area contributed by atoms with Gasteiger partial charge in [0.1, 0.15) is 9.77 Å². The molecule has 0 aromatic carbocycles. The summed E-state index contributed by atoms with van der Waals surface area (Å²) < 4.78 is 30.2. The first-order valence-electron chi connectivity index (χ1n) is 6.39. The molecule has 120 valence electrons. The van der Waals surface area contributed by atoms with E-state index in [9.17, 15) is 13.2 Å². The lowest BCUT2D eigenvalue weighted by molar-refractivity contribution is 0.0954. The maximum Gasteiger partial charge on any atom is 0.262 e. The van der Waals surface area contributed by atoms with Crippen LogP contribution in [0.4, 0.5) is 0 Å². The van der Waals surface area contributed by atoms with Crippen molar-refractivity contribution in [3.63, 3.8) is 0 Å². The molecule has 1 rings (SSSR count). The van der Waals surface area contributed by atoms with Crippen molar-refractivity contribution >= 4 is 27.3 Å². The molecule has 1 amide bonds. The summed E-state index contributed by atoms with van der Waals surface area (Å²) in [4.78, 5) is 12.3. The zero-order chi connectivity index (χ0) is 15.9. The number of sulfonamides is 1. The fourth-order valence-corrected chi connectivity index (χ4v) is 3.72. The van der Waals surface area contributed by atoms with Crippen molar-refractivity contribution < 1.29 is 17.9 Å². The first-order valence-corrected chi connectivity index (χ1v) is 8.71. The number of nitrogens with one attached hydrogen (secondary N) is 2. The van der Waals surface area contributed by atoms with Gasteiger partial charge in [0, 0.05) is 40.8 Å². The number of carbonyl (C=O) groups excluding carboxylic acids is 1. The minimum atomic E-state index is -3.60. The SMILES string of the molecule is COCCNCCNC(=O)c1sccc1S(=O)(=O)N(C)C. The number of hydrogen-bond acceptors (Lipinski definition) is 6. The smallest absolute Gasteiger partial charge is 0.262 e. The molecule has 0 aliphatic rings. The third kappa shape index (κ3) is 5.04. The van der Waals surface area contributed by atoms with Crippen LogP contribution in [0.3, 0.4) is 0 Å². The van der Waals surface area contributed by atoms with Crippen LogP contribution in [-0.2, 0) is 14.8 Å². The summed E-state index contributed by atoms with van der Waals surface area (Å²) in [6, 6.07) is 1.45. The van der Waals surface area contributed by atoms with E-state index in [0.717, 1.165) is 15.6 Å². The number of amides is 1. The molecule has 0 spiro atoms. The van der Waals surface area contributed by atoms with Crippen molar-refractivity contribution in [2.45, 2.75) is 4.90 Å². The number of hydrogen-bond donors (Lipinski definition) is 2. The number of thiophene rings is 1. The summed E-state index contributed by atoms with van der Waals surface area (Å²) in [5, 5.41) is 7.39. The number of carbonyl (C=O) groups is 1. The monoisotopic (exact) mass is 335 g/mol. The molecule has 0 saturated carbocycles. The fraction of sp³-hybridized carbons (Fsp3) is 0.583. The van der Waals surface area contributed by atoms with Crippen molar-refractivity contribution in [3.8, 4) is 0 Å². The van der Waals surface area contributed by atoms with Crippen molar-refractivity contribution in [2.75, 3.05) is 47.4 Å². The van der Waals surface area contributed by atoms with Gasteiger partial charge in [-0.1, -0.05) is 0 Å². The Morgan fingerprint density at radius 1 is 1.33 bits per heavy atom. The van der Waals surface area contributed by atoms with Gasteiger partial charge in [-0.25, -0.2) is 12.7 Å². The summed E-state index contributed by atoms with van der Waals surface area (Å²) >= 11 is 1.12. The quantitative estimate of drug-likeness (QED) is 0.619. The average molecular weight is 335 g/mol. The van der Waals surface area contributed by atoms with E-state index in [2.05, 4.69) is 10.6 Å². The molecular weight excluding hydrogens is 314 g/mol. The van der Waals surface area contributed by atoms with E-state index in [-0.39, 0.29) is 15.7 Å². The zero-order valence-electron chi connectivity index (χ0n) is 12.4. The van der Waals surface area contributed by atoms with E-state index < -0.39 is 10.0 Å². The Bertz CT molecular complexity index is 555. The lowest BCUT2D eigenvalue weighted by atomic mass is 10.4. The van der Waals surface area contributed by atoms with E-state index in [4.69, 9.17) is 4.74 Å². The van der Waals surface area contributed by atoms with Gasteiger partial charge in [-0.3, -0.25) is 4.79 Å². The third-order valence-electron chi connectivity index (χ3n) is 2.66. The van der Waals surface area contributed by atoms with Crippen molar-refractivity contribution in [2.24, 2.45) is 0 Å². The van der Waals surface area contributed by atoms with Crippen LogP contribution in [0.5, 0.6) is 0 Å². The minimum absolute atomic E-state index is 0.0438. The lowest BCUT2D eigenvalue weighted by Crippen LogP contribution is -2.33. The van der Waals surface area contributed by atoms with Gasteiger partial charge in [-0.05, 0) is 11.4 Å². The maximum absolute atomic E-state index is 12.1. The van der Waals surface area contributed by atoms with Gasteiger partial charge in [-0.15, -0.1) is 11.3 Å². The lowest BCUT2D eigenvalue weighted by Gasteiger charge is -2.12. The second kappa shape index (κ2) is 8.44. The molecule has 1 heterocycles. The van der Waals surface area contributed by atoms with E-state index in [1.54, 1.807) is 12.5 Å². The largest absolute Gasteiger partial charge is 0.383 e. The van der Waals surface area contributed by atoms with Crippen molar-refractivity contribution in [1.29, 1.82) is 0 Å². The van der Waals surface area contributed by atoms with Crippen molar-refractivity contribution in [3.05, 3.63) is 16.3 Å². The number of rotatable bonds is 9. The predicted octanol–water partition coefficient (Wildman–Crippen LogP) is -0.0358. The molecule has 0 aliphatic carbocycles. The number of methoxy groups -OCH3 is 1. The van der Waals surface area contributed by atoms with Crippen LogP contribution in [0.1, 0.15) is 9.67 Å². The van der Waals surface area contributed by atoms with Crippen LogP contribution >= 0.6 is 11.3 Å². The highest BCUT2D eigenvalue weighted by atomic mass is 32.2. The van der Waals surface area contributed by atoms with Gasteiger partial charge < -0.3 is 15.4 Å². The molecule has 1 aromatic rings. The molecule has 1 aromatic heterocycles. The Morgan fingerprint density at radius 2 is 2.05 bits per heavy atom. The zero-order valence-corrected chi connectivity index (χ0v) is 14.0. The Kier molecular flexibility index (Phi) is 7.26. The predicted molar refractivity (Wildman–Crippen MR) is 82.3 cm³/mol. The van der Waals surface area contributed by atoms with E-state index in [1.165, 1.54) is 20.2 Å². The van der Waals surface area contributed by atoms with Crippen LogP contribution in [0.2, 0.25) is 0 Å². The van der Waals surface area contributed by atoms with Gasteiger partial charge in [0.25, 0.3) is 5.91 Å². The van der Waals surface area contributed by atoms with Gasteiger partial charge in [-0.2, -0.15) is 0 Å². The maximum atomic E-state index is 12.1. The molecule has 2 N–H and O–H groups in total. The van der Waals surface area contributed by atoms with Crippen LogP contribution in [-0.4, -0.2) is 66.1 Å². The summed E-state index contributed by atoms with van der Waals surface area (Å²) in [6.45, 7) is 2.31. The van der Waals surface area contributed by atoms with Crippen LogP contribution in [0.25, 0.3) is 0 Å². The topological polar surface area (TPSA) is 87.7 Å². The summed E-state index contributed by atoms with van der Waals surface area (Å²) in [6.07, 6.45) is 0. The highest BCUT2D eigenvalue weighted by molar-refractivity contribution is 7.89. The molecular formula is C12H21N3O4S2. The molecule has 0 aliphatic heterocycles. The minimum Gasteiger partial charge on any atom is -0.383 e. The second-order valence-corrected chi connectivity index (χ2v) is 7.44. The Hall–Kier alpha value is -1.00. The van der Waals surface area contributed by atoms with Crippen LogP contribution in [0, 0.1) is 0 Å². The molecule has 0 fully saturated rings. The molecule has 0 atom stereocenters. The average Bonchev–Trinajstić information content (AvgIpc) is 2.92. The molecule has 0 unspecified atom stereocenters. The summed E-state index contributed by atoms with van der Waals surface area (Å²) in [5.74, 6) is -0.376. The standard InChI is InChI=1S/C12H21N3O4S2/c1-15(2)21(17,18)10-4-9-20-11(10)12(16)14-6-5-13-7-8-19-3/h4,9,13H,5-8H2,1-3H3,(H,14,16). The molecule has 0 saturated heterocycles. The molecule has 0 radical (unpaired) electrons. The van der Waals surface area contributed by atoms with E-state index in [1.807, 2.05) is 0 Å². The Labute approximate surface area is 129 Å². The summed E-state index contributed by atoms with van der Waals surface area (Å²) in [5.41, 5.74) is 0. The van der Waals surface area contributed by atoms with E-state index in [0.29, 0.717) is 26.2 Å². The first kappa shape index (κ1) is 18.1. The molecule has 9 heteroatoms. The number of nitrogens with zero attached hydrogens (tertiary/aromatic N) is 1. The molecule has 21 heavy (non-hydrogen) atoms. The number of ether oxygens (including phenoxy) is 1. The normalized spacial score (nSPS) is 11.8. The van der Waals surface area contributed by atoms with E-state index >= 15 is 0 Å². The van der Waals surface area contributed by atoms with Crippen LogP contribution in [0.15, 0.2) is 16.3 Å². The Balaban J connectivity index is 2.59. The summed E-state index contributed by atoms with van der Waals surface area (Å²) in [7, 11) is 0.895. The van der Waals surface area contributed by atoms with Gasteiger partial charge in [0.05, 0.1) is 6.61 Å². The second-order valence-electron chi connectivity index (χ2n) is 4.40. The highest BCUT2D eigenvalue weighted by Crippen LogP contribution is 2.23. The van der Waals surface area contributed by atoms with Gasteiger partial charge >= 0.3 is 0 Å². The van der Waals surface area contributed by atoms with Crippen molar-refractivity contribution in [1.82, 2.24) is 14.9 Å². The molecule has 7 nitrogen and oxygen atoms in total. The van der Waals surface area contributed by atoms with Crippen LogP contribution < -0.4 is 10.6 Å².